The van der Waals surface area contributed by atoms with Crippen LogP contribution in [-0.4, -0.2) is 35.3 Å². The second-order valence-electron chi connectivity index (χ2n) is 5.00. The minimum atomic E-state index is -1.18. The summed E-state index contributed by atoms with van der Waals surface area (Å²) in [6, 6.07) is 3.18. The molecule has 1 amide bonds. The SMILES string of the molecule is COC(=O)c1cc(F)c(F)cc1NCC(=O)Nc1cc(C)nn1C. The van der Waals surface area contributed by atoms with Gasteiger partial charge in [-0.05, 0) is 13.0 Å². The largest absolute Gasteiger partial charge is 0.465 e. The van der Waals surface area contributed by atoms with Crippen molar-refractivity contribution in [1.82, 2.24) is 9.78 Å². The van der Waals surface area contributed by atoms with Crippen molar-refractivity contribution in [3.05, 3.63) is 41.1 Å². The zero-order valence-corrected chi connectivity index (χ0v) is 13.3. The number of esters is 1. The van der Waals surface area contributed by atoms with Gasteiger partial charge in [-0.25, -0.2) is 13.6 Å². The van der Waals surface area contributed by atoms with Gasteiger partial charge >= 0.3 is 5.97 Å². The molecule has 2 aromatic rings. The molecule has 2 rings (SSSR count). The Morgan fingerprint density at radius 3 is 2.50 bits per heavy atom. The summed E-state index contributed by atoms with van der Waals surface area (Å²) in [6.45, 7) is 1.51. The molecule has 0 unspecified atom stereocenters. The fraction of sp³-hybridized carbons (Fsp3) is 0.267. The summed E-state index contributed by atoms with van der Waals surface area (Å²) in [5, 5.41) is 9.28. The molecule has 0 spiro atoms. The van der Waals surface area contributed by atoms with Gasteiger partial charge in [-0.15, -0.1) is 0 Å². The highest BCUT2D eigenvalue weighted by atomic mass is 19.2. The summed E-state index contributed by atoms with van der Waals surface area (Å²) in [5.74, 6) is -3.14. The van der Waals surface area contributed by atoms with Crippen molar-refractivity contribution in [2.45, 2.75) is 6.92 Å². The van der Waals surface area contributed by atoms with Gasteiger partial charge in [0, 0.05) is 19.2 Å². The summed E-state index contributed by atoms with van der Waals surface area (Å²) >= 11 is 0. The van der Waals surface area contributed by atoms with Crippen molar-refractivity contribution in [3.63, 3.8) is 0 Å². The molecule has 0 saturated carbocycles. The molecular formula is C15H16F2N4O3. The number of rotatable bonds is 5. The van der Waals surface area contributed by atoms with E-state index in [0.717, 1.165) is 18.9 Å². The van der Waals surface area contributed by atoms with Crippen LogP contribution in [0.2, 0.25) is 0 Å². The lowest BCUT2D eigenvalue weighted by molar-refractivity contribution is -0.114. The maximum absolute atomic E-state index is 13.4. The van der Waals surface area contributed by atoms with Gasteiger partial charge in [0.1, 0.15) is 5.82 Å². The second kappa shape index (κ2) is 7.07. The first kappa shape index (κ1) is 17.4. The van der Waals surface area contributed by atoms with Gasteiger partial charge in [0.15, 0.2) is 11.6 Å². The Bertz CT molecular complexity index is 789. The van der Waals surface area contributed by atoms with Crippen LogP contribution < -0.4 is 10.6 Å². The van der Waals surface area contributed by atoms with Crippen molar-refractivity contribution in [3.8, 4) is 0 Å². The standard InChI is InChI=1S/C15H16F2N4O3/c1-8-4-13(21(2)20-8)19-14(22)7-18-12-6-11(17)10(16)5-9(12)15(23)24-3/h4-6,18H,7H2,1-3H3,(H,19,22). The number of amides is 1. The van der Waals surface area contributed by atoms with Crippen molar-refractivity contribution in [2.75, 3.05) is 24.3 Å². The lowest BCUT2D eigenvalue weighted by Gasteiger charge is -2.11. The zero-order chi connectivity index (χ0) is 17.9. The highest BCUT2D eigenvalue weighted by molar-refractivity contribution is 5.97. The van der Waals surface area contributed by atoms with Crippen molar-refractivity contribution >= 4 is 23.4 Å². The fourth-order valence-corrected chi connectivity index (χ4v) is 2.06. The predicted octanol–water partition coefficient (Wildman–Crippen LogP) is 1.84. The minimum absolute atomic E-state index is 0.0444. The fourth-order valence-electron chi connectivity index (χ4n) is 2.06. The van der Waals surface area contributed by atoms with Gasteiger partial charge in [-0.2, -0.15) is 5.10 Å². The first-order valence-corrected chi connectivity index (χ1v) is 6.93. The number of aryl methyl sites for hydroxylation is 2. The van der Waals surface area contributed by atoms with E-state index >= 15 is 0 Å². The molecule has 1 aromatic carbocycles. The molecule has 2 N–H and O–H groups in total. The molecule has 128 valence electrons. The number of hydrogen-bond donors (Lipinski definition) is 2. The van der Waals surface area contributed by atoms with E-state index in [4.69, 9.17) is 0 Å². The van der Waals surface area contributed by atoms with Gasteiger partial charge in [-0.1, -0.05) is 0 Å². The van der Waals surface area contributed by atoms with E-state index in [1.807, 2.05) is 0 Å². The number of nitrogens with one attached hydrogen (secondary N) is 2. The number of nitrogens with zero attached hydrogens (tertiary/aromatic N) is 2. The number of halogens is 2. The topological polar surface area (TPSA) is 85.2 Å². The number of carbonyl (C=O) groups is 2. The third-order valence-corrected chi connectivity index (χ3v) is 3.17. The van der Waals surface area contributed by atoms with Crippen molar-refractivity contribution in [2.24, 2.45) is 7.05 Å². The smallest absolute Gasteiger partial charge is 0.340 e. The maximum atomic E-state index is 13.4. The molecular weight excluding hydrogens is 322 g/mol. The van der Waals surface area contributed by atoms with Crippen LogP contribution in [0.25, 0.3) is 0 Å². The highest BCUT2D eigenvalue weighted by Gasteiger charge is 2.17. The highest BCUT2D eigenvalue weighted by Crippen LogP contribution is 2.21. The van der Waals surface area contributed by atoms with Crippen molar-refractivity contribution < 1.29 is 23.1 Å². The van der Waals surface area contributed by atoms with E-state index in [9.17, 15) is 18.4 Å². The zero-order valence-electron chi connectivity index (χ0n) is 13.3. The molecule has 0 atom stereocenters. The maximum Gasteiger partial charge on any atom is 0.340 e. The van der Waals surface area contributed by atoms with E-state index < -0.39 is 23.5 Å². The summed E-state index contributed by atoms with van der Waals surface area (Å²) in [6.07, 6.45) is 0. The van der Waals surface area contributed by atoms with Gasteiger partial charge in [0.2, 0.25) is 5.91 Å². The average Bonchev–Trinajstić information content (AvgIpc) is 2.84. The normalized spacial score (nSPS) is 10.4. The summed E-state index contributed by atoms with van der Waals surface area (Å²) in [4.78, 5) is 23.6. The monoisotopic (exact) mass is 338 g/mol. The molecule has 0 aliphatic carbocycles. The van der Waals surface area contributed by atoms with Crippen LogP contribution in [0.4, 0.5) is 20.3 Å². The Hall–Kier alpha value is -2.97. The molecule has 7 nitrogen and oxygen atoms in total. The number of aromatic nitrogens is 2. The van der Waals surface area contributed by atoms with E-state index in [1.54, 1.807) is 20.0 Å². The minimum Gasteiger partial charge on any atom is -0.465 e. The quantitative estimate of drug-likeness (QED) is 0.813. The second-order valence-corrected chi connectivity index (χ2v) is 5.00. The van der Waals surface area contributed by atoms with Crippen LogP contribution >= 0.6 is 0 Å². The molecule has 24 heavy (non-hydrogen) atoms. The molecule has 0 aliphatic heterocycles. The van der Waals surface area contributed by atoms with Gasteiger partial charge < -0.3 is 15.4 Å². The molecule has 1 aromatic heterocycles. The molecule has 9 heteroatoms. The van der Waals surface area contributed by atoms with E-state index in [-0.39, 0.29) is 17.8 Å². The molecule has 0 bridgehead atoms. The number of benzene rings is 1. The van der Waals surface area contributed by atoms with E-state index in [0.29, 0.717) is 11.9 Å². The van der Waals surface area contributed by atoms with E-state index in [1.165, 1.54) is 4.68 Å². The molecule has 0 aliphatic rings. The van der Waals surface area contributed by atoms with Gasteiger partial charge in [-0.3, -0.25) is 9.48 Å². The lowest BCUT2D eigenvalue weighted by atomic mass is 10.1. The summed E-state index contributed by atoms with van der Waals surface area (Å²) < 4.78 is 32.7. The molecule has 0 fully saturated rings. The number of hydrogen-bond acceptors (Lipinski definition) is 5. The third kappa shape index (κ3) is 3.86. The van der Waals surface area contributed by atoms with Crippen molar-refractivity contribution in [1.29, 1.82) is 0 Å². The van der Waals surface area contributed by atoms with Crippen LogP contribution in [0.15, 0.2) is 18.2 Å². The molecule has 0 radical (unpaired) electrons. The number of ether oxygens (including phenoxy) is 1. The van der Waals surface area contributed by atoms with Gasteiger partial charge in [0.25, 0.3) is 0 Å². The van der Waals surface area contributed by atoms with E-state index in [2.05, 4.69) is 20.5 Å². The number of anilines is 2. The Labute approximate surface area is 136 Å². The average molecular weight is 338 g/mol. The van der Waals surface area contributed by atoms with Crippen LogP contribution in [0.5, 0.6) is 0 Å². The first-order valence-electron chi connectivity index (χ1n) is 6.93. The molecule has 0 saturated heterocycles. The summed E-state index contributed by atoms with van der Waals surface area (Å²) in [7, 11) is 2.78. The van der Waals surface area contributed by atoms with Crippen LogP contribution in [0.3, 0.4) is 0 Å². The first-order chi connectivity index (χ1) is 11.3. The third-order valence-electron chi connectivity index (χ3n) is 3.17. The van der Waals surface area contributed by atoms with Crippen LogP contribution in [-0.2, 0) is 16.6 Å². The number of methoxy groups -OCH3 is 1. The Kier molecular flexibility index (Phi) is 5.12. The van der Waals surface area contributed by atoms with Gasteiger partial charge in [0.05, 0.1) is 30.6 Å². The summed E-state index contributed by atoms with van der Waals surface area (Å²) in [5.41, 5.74) is 0.479. The predicted molar refractivity (Wildman–Crippen MR) is 82.8 cm³/mol. The van der Waals surface area contributed by atoms with Crippen LogP contribution in [0, 0.1) is 18.6 Å². The lowest BCUT2D eigenvalue weighted by Crippen LogP contribution is -2.24. The van der Waals surface area contributed by atoms with Crippen LogP contribution in [0.1, 0.15) is 16.1 Å². The number of carbonyl (C=O) groups excluding carboxylic acids is 2. The Morgan fingerprint density at radius 1 is 1.25 bits per heavy atom. The Morgan fingerprint density at radius 2 is 1.92 bits per heavy atom. The Balaban J connectivity index is 2.10. The molecule has 1 heterocycles.